The lowest BCUT2D eigenvalue weighted by molar-refractivity contribution is -0.136. The Morgan fingerprint density at radius 1 is 1.09 bits per heavy atom. The summed E-state index contributed by atoms with van der Waals surface area (Å²) in [5.41, 5.74) is -2.44. The molecule has 0 radical (unpaired) electrons. The third-order valence-electron chi connectivity index (χ3n) is 10.2. The van der Waals surface area contributed by atoms with E-state index in [0.29, 0.717) is 25.5 Å². The standard InChI is InChI=1S/C35H34F4N6O2/c1-2-24-27(36)8-5-20-13-23(46)14-25(28(20)24)30-29(35(37,38)39)31-26(15-40-30)32(45-16-21-6-7-22(17-45)41-21)43-33(42-31)47-19-34(9-10-34)18-44-11-3-4-12-44/h1,5,8,13-15,21-22,41,46H,3-4,6-7,9-12,16-19H2. The molecule has 8 rings (SSSR count). The first kappa shape index (κ1) is 30.1. The van der Waals surface area contributed by atoms with Crippen LogP contribution in [0.4, 0.5) is 23.4 Å². The number of fused-ring (bicyclic) bond motifs is 4. The number of hydrogen-bond acceptors (Lipinski definition) is 8. The highest BCUT2D eigenvalue weighted by molar-refractivity contribution is 6.04. The minimum atomic E-state index is -4.94. The summed E-state index contributed by atoms with van der Waals surface area (Å²) in [6.07, 6.45) is 8.28. The maximum absolute atomic E-state index is 15.3. The Morgan fingerprint density at radius 3 is 2.51 bits per heavy atom. The molecule has 5 heterocycles. The topological polar surface area (TPSA) is 86.6 Å². The summed E-state index contributed by atoms with van der Waals surface area (Å²) < 4.78 is 67.1. The van der Waals surface area contributed by atoms with Crippen LogP contribution in [0.25, 0.3) is 32.9 Å². The molecule has 2 bridgehead atoms. The van der Waals surface area contributed by atoms with E-state index in [9.17, 15) is 9.50 Å². The first-order valence-electron chi connectivity index (χ1n) is 16.2. The summed E-state index contributed by atoms with van der Waals surface area (Å²) in [5.74, 6) is 1.54. The van der Waals surface area contributed by atoms with Crippen LogP contribution in [0.15, 0.2) is 30.5 Å². The lowest BCUT2D eigenvalue weighted by atomic mass is 9.93. The van der Waals surface area contributed by atoms with Crippen LogP contribution in [0.2, 0.25) is 0 Å². The summed E-state index contributed by atoms with van der Waals surface area (Å²) in [7, 11) is 0. The fourth-order valence-corrected chi connectivity index (χ4v) is 7.71. The lowest BCUT2D eigenvalue weighted by Gasteiger charge is -2.34. The van der Waals surface area contributed by atoms with Crippen LogP contribution in [0.3, 0.4) is 0 Å². The van der Waals surface area contributed by atoms with Crippen LogP contribution in [0, 0.1) is 23.6 Å². The minimum Gasteiger partial charge on any atom is -0.508 e. The van der Waals surface area contributed by atoms with Crippen molar-refractivity contribution >= 4 is 27.5 Å². The van der Waals surface area contributed by atoms with Crippen molar-refractivity contribution in [2.75, 3.05) is 44.2 Å². The van der Waals surface area contributed by atoms with Crippen LogP contribution in [0.5, 0.6) is 11.8 Å². The average Bonchev–Trinajstić information content (AvgIpc) is 3.44. The molecular formula is C35H34F4N6O2. The van der Waals surface area contributed by atoms with Gasteiger partial charge in [0.2, 0.25) is 0 Å². The van der Waals surface area contributed by atoms with Crippen molar-refractivity contribution in [3.8, 4) is 35.4 Å². The Labute approximate surface area is 269 Å². The number of nitrogens with zero attached hydrogens (tertiary/aromatic N) is 5. The predicted octanol–water partition coefficient (Wildman–Crippen LogP) is 5.89. The van der Waals surface area contributed by atoms with E-state index in [1.54, 1.807) is 0 Å². The minimum absolute atomic E-state index is 0.0460. The van der Waals surface area contributed by atoms with Gasteiger partial charge in [-0.15, -0.1) is 6.42 Å². The van der Waals surface area contributed by atoms with Gasteiger partial charge in [-0.25, -0.2) is 4.39 Å². The van der Waals surface area contributed by atoms with Crippen molar-refractivity contribution in [3.63, 3.8) is 0 Å². The molecule has 3 aliphatic heterocycles. The number of anilines is 1. The van der Waals surface area contributed by atoms with Gasteiger partial charge in [0, 0.05) is 54.3 Å². The highest BCUT2D eigenvalue weighted by Crippen LogP contribution is 2.48. The normalized spacial score (nSPS) is 22.2. The molecule has 8 nitrogen and oxygen atoms in total. The zero-order valence-electron chi connectivity index (χ0n) is 25.7. The highest BCUT2D eigenvalue weighted by Gasteiger charge is 2.46. The van der Waals surface area contributed by atoms with Gasteiger partial charge in [0.1, 0.15) is 22.9 Å². The number of hydrogen-bond donors (Lipinski definition) is 2. The Kier molecular flexibility index (Phi) is 7.18. The smallest absolute Gasteiger partial charge is 0.420 e. The molecule has 2 atom stereocenters. The number of halogens is 4. The van der Waals surface area contributed by atoms with Crippen LogP contribution in [-0.2, 0) is 6.18 Å². The largest absolute Gasteiger partial charge is 0.508 e. The molecule has 47 heavy (non-hydrogen) atoms. The van der Waals surface area contributed by atoms with Gasteiger partial charge < -0.3 is 25.0 Å². The van der Waals surface area contributed by atoms with Crippen LogP contribution in [0.1, 0.15) is 49.7 Å². The van der Waals surface area contributed by atoms with Crippen LogP contribution < -0.4 is 15.0 Å². The first-order valence-corrected chi connectivity index (χ1v) is 16.2. The van der Waals surface area contributed by atoms with E-state index >= 15 is 13.2 Å². The molecule has 2 N–H and O–H groups in total. The number of piperazine rings is 1. The van der Waals surface area contributed by atoms with Gasteiger partial charge in [0.15, 0.2) is 0 Å². The molecular weight excluding hydrogens is 612 g/mol. The summed E-state index contributed by atoms with van der Waals surface area (Å²) in [6.45, 7) is 4.43. The third-order valence-corrected chi connectivity index (χ3v) is 10.2. The molecule has 2 aromatic carbocycles. The summed E-state index contributed by atoms with van der Waals surface area (Å²) >= 11 is 0. The van der Waals surface area contributed by atoms with E-state index in [-0.39, 0.29) is 62.1 Å². The molecule has 3 saturated heterocycles. The maximum Gasteiger partial charge on any atom is 0.420 e. The zero-order chi connectivity index (χ0) is 32.5. The van der Waals surface area contributed by atoms with Gasteiger partial charge in [-0.1, -0.05) is 12.0 Å². The van der Waals surface area contributed by atoms with E-state index in [1.165, 1.54) is 31.2 Å². The molecule has 0 spiro atoms. The zero-order valence-corrected chi connectivity index (χ0v) is 25.7. The second-order valence-corrected chi connectivity index (χ2v) is 13.5. The fraction of sp³-hybridized carbons (Fsp3) is 0.457. The quantitative estimate of drug-likeness (QED) is 0.190. The second kappa shape index (κ2) is 11.2. The molecule has 244 valence electrons. The number of aromatic hydroxyl groups is 1. The number of phenolic OH excluding ortho intramolecular Hbond substituents is 1. The van der Waals surface area contributed by atoms with E-state index in [2.05, 4.69) is 26.1 Å². The van der Waals surface area contributed by atoms with Gasteiger partial charge in [-0.2, -0.15) is 23.1 Å². The first-order chi connectivity index (χ1) is 22.6. The number of terminal acetylenes is 1. The molecule has 2 aromatic heterocycles. The Bertz CT molecular complexity index is 1920. The van der Waals surface area contributed by atoms with E-state index in [4.69, 9.17) is 16.1 Å². The number of nitrogens with one attached hydrogen (secondary N) is 1. The van der Waals surface area contributed by atoms with Crippen molar-refractivity contribution in [3.05, 3.63) is 47.4 Å². The second-order valence-electron chi connectivity index (χ2n) is 13.5. The van der Waals surface area contributed by atoms with Gasteiger partial charge in [-0.05, 0) is 75.2 Å². The number of phenols is 1. The number of pyridine rings is 1. The van der Waals surface area contributed by atoms with Crippen molar-refractivity contribution in [2.45, 2.75) is 56.8 Å². The summed E-state index contributed by atoms with van der Waals surface area (Å²) in [6, 6.07) is 5.23. The number of benzene rings is 2. The molecule has 4 aliphatic rings. The monoisotopic (exact) mass is 646 g/mol. The number of rotatable bonds is 7. The van der Waals surface area contributed by atoms with Gasteiger partial charge >= 0.3 is 12.2 Å². The number of likely N-dealkylation sites (tertiary alicyclic amines) is 1. The van der Waals surface area contributed by atoms with Gasteiger partial charge in [-0.3, -0.25) is 4.98 Å². The predicted molar refractivity (Wildman–Crippen MR) is 170 cm³/mol. The lowest BCUT2D eigenvalue weighted by Crippen LogP contribution is -2.51. The molecule has 4 fully saturated rings. The van der Waals surface area contributed by atoms with Crippen molar-refractivity contribution in [1.82, 2.24) is 25.2 Å². The summed E-state index contributed by atoms with van der Waals surface area (Å²) in [5, 5.41) is 14.6. The van der Waals surface area contributed by atoms with Gasteiger partial charge in [0.25, 0.3) is 0 Å². The van der Waals surface area contributed by atoms with E-state index in [0.717, 1.165) is 57.5 Å². The fourth-order valence-electron chi connectivity index (χ4n) is 7.71. The SMILES string of the molecule is C#Cc1c(F)ccc2cc(O)cc(-c3ncc4c(N5CC6CCC(C5)N6)nc(OCC5(CN6CCCC6)CC5)nc4c3C(F)(F)F)c12. The van der Waals surface area contributed by atoms with Crippen molar-refractivity contribution < 1.29 is 27.4 Å². The van der Waals surface area contributed by atoms with Crippen LogP contribution >= 0.6 is 0 Å². The Hall–Kier alpha value is -4.21. The third kappa shape index (κ3) is 5.49. The van der Waals surface area contributed by atoms with E-state index < -0.39 is 23.3 Å². The van der Waals surface area contributed by atoms with E-state index in [1.807, 2.05) is 4.90 Å². The van der Waals surface area contributed by atoms with Crippen molar-refractivity contribution in [1.29, 1.82) is 0 Å². The highest BCUT2D eigenvalue weighted by atomic mass is 19.4. The molecule has 1 aliphatic carbocycles. The molecule has 2 unspecified atom stereocenters. The Balaban J connectivity index is 1.31. The number of aromatic nitrogens is 3. The number of alkyl halides is 3. The average molecular weight is 647 g/mol. The Morgan fingerprint density at radius 2 is 1.83 bits per heavy atom. The molecule has 1 saturated carbocycles. The molecule has 4 aromatic rings. The molecule has 0 amide bonds. The molecule has 12 heteroatoms. The van der Waals surface area contributed by atoms with Crippen molar-refractivity contribution in [2.24, 2.45) is 5.41 Å². The van der Waals surface area contributed by atoms with Crippen LogP contribution in [-0.4, -0.2) is 76.4 Å². The van der Waals surface area contributed by atoms with Gasteiger partial charge in [0.05, 0.1) is 28.8 Å². The summed E-state index contributed by atoms with van der Waals surface area (Å²) in [4.78, 5) is 17.9. The number of ether oxygens (including phenoxy) is 1. The maximum atomic E-state index is 15.3.